The number of nitrogens with two attached hydrogens (primary N) is 1. The van der Waals surface area contributed by atoms with E-state index in [0.29, 0.717) is 11.3 Å². The summed E-state index contributed by atoms with van der Waals surface area (Å²) >= 11 is 0. The average molecular weight is 326 g/mol. The van der Waals surface area contributed by atoms with Crippen molar-refractivity contribution in [1.29, 1.82) is 0 Å². The Kier molecular flexibility index (Phi) is 3.28. The molecule has 0 saturated heterocycles. The first-order chi connectivity index (χ1) is 11.1. The Morgan fingerprint density at radius 1 is 1.09 bits per heavy atom. The molecule has 1 heterocycles. The Hall–Kier alpha value is -2.11. The van der Waals surface area contributed by atoms with Crippen LogP contribution in [-0.4, -0.2) is 25.2 Å². The summed E-state index contributed by atoms with van der Waals surface area (Å²) in [4.78, 5) is 3.61. The molecule has 2 atom stereocenters. The Balaban J connectivity index is 1.78. The van der Waals surface area contributed by atoms with Crippen molar-refractivity contribution in [3.63, 3.8) is 0 Å². The van der Waals surface area contributed by atoms with Gasteiger partial charge < -0.3 is 10.7 Å². The second-order valence-electron chi connectivity index (χ2n) is 6.15. The van der Waals surface area contributed by atoms with Crippen LogP contribution in [-0.2, 0) is 16.3 Å². The molecule has 3 N–H and O–H groups in total. The first-order valence-electron chi connectivity index (χ1n) is 7.68. The van der Waals surface area contributed by atoms with Crippen molar-refractivity contribution in [2.24, 2.45) is 5.73 Å². The molecule has 0 amide bonds. The normalized spacial score (nSPS) is 20.7. The Morgan fingerprint density at radius 2 is 1.87 bits per heavy atom. The van der Waals surface area contributed by atoms with E-state index in [1.165, 1.54) is 5.56 Å². The summed E-state index contributed by atoms with van der Waals surface area (Å²) in [6, 6.07) is 14.4. The second kappa shape index (κ2) is 5.22. The lowest BCUT2D eigenvalue weighted by atomic mass is 9.81. The largest absolute Gasteiger partial charge is 0.361 e. The number of rotatable bonds is 3. The Labute approximate surface area is 135 Å². The van der Waals surface area contributed by atoms with Gasteiger partial charge in [0.15, 0.2) is 9.84 Å². The second-order valence-corrected chi connectivity index (χ2v) is 8.19. The molecule has 0 unspecified atom stereocenters. The van der Waals surface area contributed by atoms with Crippen molar-refractivity contribution in [1.82, 2.24) is 4.98 Å². The van der Waals surface area contributed by atoms with Crippen molar-refractivity contribution < 1.29 is 8.42 Å². The van der Waals surface area contributed by atoms with Gasteiger partial charge in [-0.05, 0) is 35.7 Å². The number of nitrogens with one attached hydrogen (secondary N) is 1. The fraction of sp³-hybridized carbons (Fsp3) is 0.222. The highest BCUT2D eigenvalue weighted by atomic mass is 32.2. The highest BCUT2D eigenvalue weighted by molar-refractivity contribution is 7.91. The van der Waals surface area contributed by atoms with Gasteiger partial charge in [-0.15, -0.1) is 0 Å². The zero-order chi connectivity index (χ0) is 16.0. The van der Waals surface area contributed by atoms with Crippen LogP contribution in [0, 0.1) is 0 Å². The third-order valence-electron chi connectivity index (χ3n) is 4.69. The van der Waals surface area contributed by atoms with Gasteiger partial charge in [0.1, 0.15) is 0 Å². The lowest BCUT2D eigenvalue weighted by Gasteiger charge is -2.29. The average Bonchev–Trinajstić information content (AvgIpc) is 2.96. The smallest absolute Gasteiger partial charge is 0.179 e. The molecule has 23 heavy (non-hydrogen) atoms. The monoisotopic (exact) mass is 326 g/mol. The number of H-pyrrole nitrogens is 1. The third-order valence-corrected chi connectivity index (χ3v) is 6.48. The molecule has 0 spiro atoms. The van der Waals surface area contributed by atoms with Crippen molar-refractivity contribution in [3.05, 3.63) is 65.9 Å². The molecule has 1 aliphatic rings. The predicted molar refractivity (Wildman–Crippen MR) is 91.2 cm³/mol. The van der Waals surface area contributed by atoms with E-state index in [-0.39, 0.29) is 17.7 Å². The van der Waals surface area contributed by atoms with Crippen LogP contribution >= 0.6 is 0 Å². The molecule has 4 rings (SSSR count). The minimum atomic E-state index is -3.37. The van der Waals surface area contributed by atoms with E-state index < -0.39 is 9.84 Å². The fourth-order valence-corrected chi connectivity index (χ4v) is 5.22. The number of aromatic amines is 1. The SMILES string of the molecule is N[C@@H]1Cc2c[nH]c3cccc(c23)[C@H]1CS(=O)(=O)c1ccccc1. The molecule has 0 fully saturated rings. The highest BCUT2D eigenvalue weighted by Crippen LogP contribution is 2.37. The van der Waals surface area contributed by atoms with E-state index in [9.17, 15) is 8.42 Å². The topological polar surface area (TPSA) is 76.0 Å². The molecule has 1 aromatic heterocycles. The van der Waals surface area contributed by atoms with E-state index in [0.717, 1.165) is 16.5 Å². The number of hydrogen-bond acceptors (Lipinski definition) is 3. The van der Waals surface area contributed by atoms with Gasteiger partial charge >= 0.3 is 0 Å². The number of benzene rings is 2. The summed E-state index contributed by atoms with van der Waals surface area (Å²) in [5, 5.41) is 1.14. The third kappa shape index (κ3) is 2.36. The summed E-state index contributed by atoms with van der Waals surface area (Å²) in [7, 11) is -3.37. The standard InChI is InChI=1S/C18H18N2O2S/c19-16-9-12-10-20-17-8-4-7-14(18(12)17)15(16)11-23(21,22)13-5-2-1-3-6-13/h1-8,10,15-16,20H,9,11,19H2/t15-,16-/m1/s1. The molecule has 0 bridgehead atoms. The molecular formula is C18H18N2O2S. The summed E-state index contributed by atoms with van der Waals surface area (Å²) in [5.74, 6) is -0.144. The van der Waals surface area contributed by atoms with Crippen molar-refractivity contribution >= 4 is 20.7 Å². The van der Waals surface area contributed by atoms with Crippen LogP contribution in [0.3, 0.4) is 0 Å². The maximum atomic E-state index is 12.8. The minimum Gasteiger partial charge on any atom is -0.361 e. The summed E-state index contributed by atoms with van der Waals surface area (Å²) in [5.41, 5.74) is 9.60. The lowest BCUT2D eigenvalue weighted by Crippen LogP contribution is -2.37. The summed E-state index contributed by atoms with van der Waals surface area (Å²) in [6.45, 7) is 0. The van der Waals surface area contributed by atoms with Crippen LogP contribution in [0.1, 0.15) is 17.0 Å². The lowest BCUT2D eigenvalue weighted by molar-refractivity contribution is 0.538. The van der Waals surface area contributed by atoms with Gasteiger partial charge in [-0.3, -0.25) is 0 Å². The first kappa shape index (κ1) is 14.5. The quantitative estimate of drug-likeness (QED) is 0.777. The predicted octanol–water partition coefficient (Wildman–Crippen LogP) is 2.61. The minimum absolute atomic E-state index is 0.0436. The van der Waals surface area contributed by atoms with Crippen LogP contribution in [0.4, 0.5) is 0 Å². The molecule has 0 radical (unpaired) electrons. The number of sulfone groups is 1. The molecule has 1 aliphatic carbocycles. The fourth-order valence-electron chi connectivity index (χ4n) is 3.56. The zero-order valence-corrected chi connectivity index (χ0v) is 13.4. The maximum Gasteiger partial charge on any atom is 0.179 e. The van der Waals surface area contributed by atoms with Gasteiger partial charge in [0.25, 0.3) is 0 Å². The van der Waals surface area contributed by atoms with Gasteiger partial charge in [-0.1, -0.05) is 30.3 Å². The maximum absolute atomic E-state index is 12.8. The number of aromatic nitrogens is 1. The molecule has 118 valence electrons. The van der Waals surface area contributed by atoms with Crippen molar-refractivity contribution in [2.75, 3.05) is 5.75 Å². The van der Waals surface area contributed by atoms with Crippen molar-refractivity contribution in [2.45, 2.75) is 23.3 Å². The van der Waals surface area contributed by atoms with Crippen LogP contribution in [0.15, 0.2) is 59.6 Å². The van der Waals surface area contributed by atoms with Gasteiger partial charge in [0, 0.05) is 29.1 Å². The first-order valence-corrected chi connectivity index (χ1v) is 9.34. The van der Waals surface area contributed by atoms with E-state index in [4.69, 9.17) is 5.73 Å². The van der Waals surface area contributed by atoms with Gasteiger partial charge in [-0.25, -0.2) is 8.42 Å². The highest BCUT2D eigenvalue weighted by Gasteiger charge is 2.33. The molecule has 4 nitrogen and oxygen atoms in total. The Bertz CT molecular complexity index is 961. The molecule has 0 saturated carbocycles. The molecular weight excluding hydrogens is 308 g/mol. The molecule has 5 heteroatoms. The summed E-state index contributed by atoms with van der Waals surface area (Å²) < 4.78 is 25.5. The molecule has 0 aliphatic heterocycles. The van der Waals surface area contributed by atoms with Crippen LogP contribution in [0.2, 0.25) is 0 Å². The Morgan fingerprint density at radius 3 is 2.65 bits per heavy atom. The number of hydrogen-bond donors (Lipinski definition) is 2. The van der Waals surface area contributed by atoms with Crippen LogP contribution in [0.25, 0.3) is 10.9 Å². The van der Waals surface area contributed by atoms with Crippen LogP contribution in [0.5, 0.6) is 0 Å². The summed E-state index contributed by atoms with van der Waals surface area (Å²) in [6.07, 6.45) is 2.68. The van der Waals surface area contributed by atoms with E-state index >= 15 is 0 Å². The van der Waals surface area contributed by atoms with Gasteiger partial charge in [-0.2, -0.15) is 0 Å². The van der Waals surface area contributed by atoms with Crippen LogP contribution < -0.4 is 5.73 Å². The van der Waals surface area contributed by atoms with E-state index in [2.05, 4.69) is 4.98 Å². The van der Waals surface area contributed by atoms with E-state index in [1.54, 1.807) is 24.3 Å². The molecule has 2 aromatic carbocycles. The zero-order valence-electron chi connectivity index (χ0n) is 12.6. The molecule has 3 aromatic rings. The van der Waals surface area contributed by atoms with Gasteiger partial charge in [0.05, 0.1) is 10.6 Å². The van der Waals surface area contributed by atoms with Gasteiger partial charge in [0.2, 0.25) is 0 Å². The van der Waals surface area contributed by atoms with E-state index in [1.807, 2.05) is 30.5 Å². The van der Waals surface area contributed by atoms with Crippen molar-refractivity contribution in [3.8, 4) is 0 Å².